The van der Waals surface area contributed by atoms with Gasteiger partial charge in [0, 0.05) is 21.9 Å². The fourth-order valence-corrected chi connectivity index (χ4v) is 3.35. The standard InChI is InChI=1S/C21H14N2O2S/c22-15-18(16-10-12-19(13-11-16)23(24)25)14-17-6-4-5-9-21(17)26-20-7-2-1-3-8-20/h1-14H/b18-14+. The molecule has 5 heteroatoms. The van der Waals surface area contributed by atoms with Crippen LogP contribution in [0.5, 0.6) is 0 Å². The van der Waals surface area contributed by atoms with Crippen molar-refractivity contribution in [3.63, 3.8) is 0 Å². The molecule has 0 fully saturated rings. The number of non-ortho nitro benzene ring substituents is 1. The first-order valence-electron chi connectivity index (χ1n) is 7.86. The molecule has 0 bridgehead atoms. The maximum absolute atomic E-state index is 10.8. The molecule has 0 aliphatic carbocycles. The topological polar surface area (TPSA) is 66.9 Å². The first kappa shape index (κ1) is 17.5. The molecule has 3 aromatic rings. The molecule has 0 aliphatic heterocycles. The van der Waals surface area contributed by atoms with E-state index in [9.17, 15) is 15.4 Å². The molecule has 26 heavy (non-hydrogen) atoms. The van der Waals surface area contributed by atoms with Crippen LogP contribution in [0.2, 0.25) is 0 Å². The number of benzene rings is 3. The minimum Gasteiger partial charge on any atom is -0.258 e. The SMILES string of the molecule is N#C/C(=C\c1ccccc1Sc1ccccc1)c1ccc([N+](=O)[O-])cc1. The van der Waals surface area contributed by atoms with Gasteiger partial charge < -0.3 is 0 Å². The number of nitro benzene ring substituents is 1. The predicted molar refractivity (Wildman–Crippen MR) is 104 cm³/mol. The number of nitro groups is 1. The van der Waals surface area contributed by atoms with E-state index < -0.39 is 4.92 Å². The van der Waals surface area contributed by atoms with Gasteiger partial charge in [-0.15, -0.1) is 0 Å². The summed E-state index contributed by atoms with van der Waals surface area (Å²) in [6.45, 7) is 0. The summed E-state index contributed by atoms with van der Waals surface area (Å²) in [5, 5.41) is 20.3. The fourth-order valence-electron chi connectivity index (χ4n) is 2.41. The van der Waals surface area contributed by atoms with E-state index in [0.29, 0.717) is 11.1 Å². The van der Waals surface area contributed by atoms with Crippen LogP contribution in [0.25, 0.3) is 11.6 Å². The van der Waals surface area contributed by atoms with Gasteiger partial charge in [0.05, 0.1) is 16.6 Å². The smallest absolute Gasteiger partial charge is 0.258 e. The van der Waals surface area contributed by atoms with Crippen molar-refractivity contribution in [2.24, 2.45) is 0 Å². The van der Waals surface area contributed by atoms with Crippen molar-refractivity contribution in [1.82, 2.24) is 0 Å². The number of rotatable bonds is 5. The number of nitrogens with zero attached hydrogens (tertiary/aromatic N) is 2. The lowest BCUT2D eigenvalue weighted by atomic mass is 10.0. The minimum atomic E-state index is -0.453. The quantitative estimate of drug-likeness (QED) is 0.250. The van der Waals surface area contributed by atoms with Crippen molar-refractivity contribution in [3.05, 3.63) is 100 Å². The van der Waals surface area contributed by atoms with Crippen molar-refractivity contribution in [2.75, 3.05) is 0 Å². The molecule has 0 spiro atoms. The van der Waals surface area contributed by atoms with E-state index in [1.165, 1.54) is 12.1 Å². The van der Waals surface area contributed by atoms with Gasteiger partial charge in [-0.25, -0.2) is 0 Å². The van der Waals surface area contributed by atoms with Crippen LogP contribution in [0.4, 0.5) is 5.69 Å². The average Bonchev–Trinajstić information content (AvgIpc) is 2.68. The molecule has 0 saturated carbocycles. The maximum Gasteiger partial charge on any atom is 0.269 e. The Bertz CT molecular complexity index is 991. The molecule has 0 N–H and O–H groups in total. The second kappa shape index (κ2) is 8.15. The maximum atomic E-state index is 10.8. The van der Waals surface area contributed by atoms with E-state index >= 15 is 0 Å². The first-order valence-corrected chi connectivity index (χ1v) is 8.67. The van der Waals surface area contributed by atoms with Crippen LogP contribution in [0.1, 0.15) is 11.1 Å². The van der Waals surface area contributed by atoms with Crippen molar-refractivity contribution in [2.45, 2.75) is 9.79 Å². The van der Waals surface area contributed by atoms with Crippen LogP contribution in [0.15, 0.2) is 88.7 Å². The third-order valence-electron chi connectivity index (χ3n) is 3.70. The molecular formula is C21H14N2O2S. The Morgan fingerprint density at radius 3 is 2.27 bits per heavy atom. The predicted octanol–water partition coefficient (Wildman–Crippen LogP) is 5.81. The average molecular weight is 358 g/mol. The Kier molecular flexibility index (Phi) is 5.47. The van der Waals surface area contributed by atoms with Gasteiger partial charge in [0.25, 0.3) is 5.69 Å². The summed E-state index contributed by atoms with van der Waals surface area (Å²) in [6, 6.07) is 26.0. The lowest BCUT2D eigenvalue weighted by Gasteiger charge is -2.07. The second-order valence-electron chi connectivity index (χ2n) is 5.43. The Balaban J connectivity index is 1.95. The molecule has 3 rings (SSSR count). The first-order chi connectivity index (χ1) is 12.7. The monoisotopic (exact) mass is 358 g/mol. The molecule has 0 radical (unpaired) electrons. The summed E-state index contributed by atoms with van der Waals surface area (Å²) in [5.41, 5.74) is 2.04. The van der Waals surface area contributed by atoms with Crippen LogP contribution in [-0.4, -0.2) is 4.92 Å². The van der Waals surface area contributed by atoms with Crippen LogP contribution >= 0.6 is 11.8 Å². The van der Waals surface area contributed by atoms with Gasteiger partial charge >= 0.3 is 0 Å². The van der Waals surface area contributed by atoms with Crippen LogP contribution in [0.3, 0.4) is 0 Å². The highest BCUT2D eigenvalue weighted by atomic mass is 32.2. The molecule has 0 amide bonds. The number of nitriles is 1. The Labute approximate surface area is 155 Å². The molecular weight excluding hydrogens is 344 g/mol. The van der Waals surface area contributed by atoms with Crippen LogP contribution < -0.4 is 0 Å². The summed E-state index contributed by atoms with van der Waals surface area (Å²) in [4.78, 5) is 12.5. The van der Waals surface area contributed by atoms with Crippen LogP contribution in [0, 0.1) is 21.4 Å². The fraction of sp³-hybridized carbons (Fsp3) is 0. The number of hydrogen-bond acceptors (Lipinski definition) is 4. The van der Waals surface area contributed by atoms with Gasteiger partial charge in [0.15, 0.2) is 0 Å². The lowest BCUT2D eigenvalue weighted by Crippen LogP contribution is -1.89. The summed E-state index contributed by atoms with van der Waals surface area (Å²) in [5.74, 6) is 0. The molecule has 4 nitrogen and oxygen atoms in total. The van der Waals surface area contributed by atoms with Gasteiger partial charge in [-0.05, 0) is 47.5 Å². The third kappa shape index (κ3) is 4.18. The summed E-state index contributed by atoms with van der Waals surface area (Å²) < 4.78 is 0. The summed E-state index contributed by atoms with van der Waals surface area (Å²) >= 11 is 1.62. The zero-order valence-electron chi connectivity index (χ0n) is 13.7. The van der Waals surface area contributed by atoms with E-state index in [0.717, 1.165) is 15.4 Å². The summed E-state index contributed by atoms with van der Waals surface area (Å²) in [6.07, 6.45) is 1.81. The van der Waals surface area contributed by atoms with Crippen molar-refractivity contribution >= 4 is 29.1 Å². The molecule has 0 aromatic heterocycles. The Morgan fingerprint density at radius 2 is 1.62 bits per heavy atom. The number of allylic oxidation sites excluding steroid dienone is 1. The van der Waals surface area contributed by atoms with Gasteiger partial charge in [0.1, 0.15) is 0 Å². The molecule has 0 atom stereocenters. The highest BCUT2D eigenvalue weighted by Crippen LogP contribution is 2.32. The van der Waals surface area contributed by atoms with Crippen molar-refractivity contribution in [1.29, 1.82) is 5.26 Å². The molecule has 0 unspecified atom stereocenters. The van der Waals surface area contributed by atoms with E-state index in [2.05, 4.69) is 6.07 Å². The highest BCUT2D eigenvalue weighted by Gasteiger charge is 2.08. The molecule has 0 aliphatic rings. The Morgan fingerprint density at radius 1 is 0.962 bits per heavy atom. The normalized spacial score (nSPS) is 11.0. The van der Waals surface area contributed by atoms with E-state index in [-0.39, 0.29) is 5.69 Å². The van der Waals surface area contributed by atoms with E-state index in [4.69, 9.17) is 0 Å². The van der Waals surface area contributed by atoms with Gasteiger partial charge in [-0.3, -0.25) is 10.1 Å². The molecule has 3 aromatic carbocycles. The highest BCUT2D eigenvalue weighted by molar-refractivity contribution is 7.99. The largest absolute Gasteiger partial charge is 0.269 e. The van der Waals surface area contributed by atoms with E-state index in [1.54, 1.807) is 23.9 Å². The third-order valence-corrected chi connectivity index (χ3v) is 4.80. The second-order valence-corrected chi connectivity index (χ2v) is 6.54. The van der Waals surface area contributed by atoms with E-state index in [1.807, 2.05) is 60.7 Å². The Hall–Kier alpha value is -3.36. The van der Waals surface area contributed by atoms with Gasteiger partial charge in [0.2, 0.25) is 0 Å². The van der Waals surface area contributed by atoms with Crippen molar-refractivity contribution in [3.8, 4) is 6.07 Å². The minimum absolute atomic E-state index is 0.00562. The molecule has 0 saturated heterocycles. The van der Waals surface area contributed by atoms with Gasteiger partial charge in [-0.1, -0.05) is 48.2 Å². The number of hydrogen-bond donors (Lipinski definition) is 0. The summed E-state index contributed by atoms with van der Waals surface area (Å²) in [7, 11) is 0. The zero-order valence-corrected chi connectivity index (χ0v) is 14.5. The lowest BCUT2D eigenvalue weighted by molar-refractivity contribution is -0.384. The zero-order chi connectivity index (χ0) is 18.4. The van der Waals surface area contributed by atoms with Crippen LogP contribution in [-0.2, 0) is 0 Å². The van der Waals surface area contributed by atoms with Gasteiger partial charge in [-0.2, -0.15) is 5.26 Å². The molecule has 126 valence electrons. The van der Waals surface area contributed by atoms with Crippen molar-refractivity contribution < 1.29 is 4.92 Å². The molecule has 0 heterocycles.